The average molecular weight is 159 g/mol. The number of rotatable bonds is 1. The van der Waals surface area contributed by atoms with Crippen LogP contribution in [0.25, 0.3) is 0 Å². The van der Waals surface area contributed by atoms with E-state index in [4.69, 9.17) is 16.7 Å². The van der Waals surface area contributed by atoms with E-state index >= 15 is 0 Å². The Kier molecular flexibility index (Phi) is 2.52. The fourth-order valence-corrected chi connectivity index (χ4v) is 1.32. The molecule has 0 heterocycles. The van der Waals surface area contributed by atoms with Crippen molar-refractivity contribution < 1.29 is 5.11 Å². The SMILES string of the molecule is C[C@@H]1C=C(Cl)C=CC1CO. The van der Waals surface area contributed by atoms with Gasteiger partial charge in [0.1, 0.15) is 0 Å². The monoisotopic (exact) mass is 158 g/mol. The van der Waals surface area contributed by atoms with Gasteiger partial charge in [-0.05, 0) is 12.0 Å². The van der Waals surface area contributed by atoms with Gasteiger partial charge < -0.3 is 5.11 Å². The highest BCUT2D eigenvalue weighted by Crippen LogP contribution is 2.23. The smallest absolute Gasteiger partial charge is 0.0499 e. The molecular weight excluding hydrogens is 148 g/mol. The molecule has 1 nitrogen and oxygen atoms in total. The van der Waals surface area contributed by atoms with Crippen molar-refractivity contribution >= 4 is 11.6 Å². The highest BCUT2D eigenvalue weighted by atomic mass is 35.5. The Hall–Kier alpha value is -0.270. The van der Waals surface area contributed by atoms with E-state index in [-0.39, 0.29) is 12.5 Å². The number of allylic oxidation sites excluding steroid dienone is 3. The maximum absolute atomic E-state index is 8.82. The largest absolute Gasteiger partial charge is 0.396 e. The predicted octanol–water partition coefficient (Wildman–Crippen LogP) is 1.92. The molecule has 0 radical (unpaired) electrons. The molecule has 0 saturated heterocycles. The zero-order valence-corrected chi connectivity index (χ0v) is 6.67. The maximum Gasteiger partial charge on any atom is 0.0499 e. The Bertz CT molecular complexity index is 172. The highest BCUT2D eigenvalue weighted by molar-refractivity contribution is 6.31. The lowest BCUT2D eigenvalue weighted by molar-refractivity contribution is 0.229. The van der Waals surface area contributed by atoms with Crippen LogP contribution in [0.3, 0.4) is 0 Å². The second-order valence-electron chi connectivity index (χ2n) is 2.62. The van der Waals surface area contributed by atoms with E-state index in [0.717, 1.165) is 5.03 Å². The van der Waals surface area contributed by atoms with Gasteiger partial charge in [-0.3, -0.25) is 0 Å². The molecule has 1 aliphatic carbocycles. The molecular formula is C8H11ClO. The van der Waals surface area contributed by atoms with Crippen LogP contribution in [0.1, 0.15) is 6.92 Å². The van der Waals surface area contributed by atoms with Crippen molar-refractivity contribution in [2.24, 2.45) is 11.8 Å². The van der Waals surface area contributed by atoms with E-state index in [9.17, 15) is 0 Å². The summed E-state index contributed by atoms with van der Waals surface area (Å²) in [5.74, 6) is 0.616. The zero-order valence-electron chi connectivity index (χ0n) is 5.92. The summed E-state index contributed by atoms with van der Waals surface area (Å²) >= 11 is 5.73. The molecule has 0 saturated carbocycles. The van der Waals surface area contributed by atoms with Gasteiger partial charge in [-0.25, -0.2) is 0 Å². The van der Waals surface area contributed by atoms with Crippen LogP contribution in [0, 0.1) is 11.8 Å². The van der Waals surface area contributed by atoms with Crippen LogP contribution in [-0.4, -0.2) is 11.7 Å². The maximum atomic E-state index is 8.82. The van der Waals surface area contributed by atoms with Crippen molar-refractivity contribution in [3.05, 3.63) is 23.3 Å². The molecule has 0 aromatic rings. The standard InChI is InChI=1S/C8H11ClO/c1-6-4-8(9)3-2-7(6)5-10/h2-4,6-7,10H,5H2,1H3/t6-,7?/m1/s1. The van der Waals surface area contributed by atoms with E-state index in [1.165, 1.54) is 0 Å². The van der Waals surface area contributed by atoms with Gasteiger partial charge in [0.15, 0.2) is 0 Å². The van der Waals surface area contributed by atoms with Gasteiger partial charge >= 0.3 is 0 Å². The Labute approximate surface area is 66.0 Å². The molecule has 56 valence electrons. The first-order chi connectivity index (χ1) is 4.74. The second kappa shape index (κ2) is 3.22. The molecule has 1 rings (SSSR count). The molecule has 0 spiro atoms. The van der Waals surface area contributed by atoms with Gasteiger partial charge in [0.2, 0.25) is 0 Å². The molecule has 0 amide bonds. The van der Waals surface area contributed by atoms with Crippen LogP contribution in [0.4, 0.5) is 0 Å². The van der Waals surface area contributed by atoms with E-state index in [1.807, 2.05) is 25.2 Å². The lowest BCUT2D eigenvalue weighted by Crippen LogP contribution is -2.13. The van der Waals surface area contributed by atoms with Crippen LogP contribution in [0.15, 0.2) is 23.3 Å². The summed E-state index contributed by atoms with van der Waals surface area (Å²) in [6.07, 6.45) is 5.75. The van der Waals surface area contributed by atoms with Crippen LogP contribution < -0.4 is 0 Å². The predicted molar refractivity (Wildman–Crippen MR) is 42.8 cm³/mol. The quantitative estimate of drug-likeness (QED) is 0.618. The Morgan fingerprint density at radius 1 is 1.70 bits per heavy atom. The third-order valence-electron chi connectivity index (χ3n) is 1.81. The first-order valence-corrected chi connectivity index (χ1v) is 3.78. The summed E-state index contributed by atoms with van der Waals surface area (Å²) in [6.45, 7) is 2.26. The number of aliphatic hydroxyl groups excluding tert-OH is 1. The normalized spacial score (nSPS) is 32.1. The minimum absolute atomic E-state index is 0.207. The summed E-state index contributed by atoms with van der Waals surface area (Å²) in [4.78, 5) is 0. The van der Waals surface area contributed by atoms with Crippen molar-refractivity contribution in [3.8, 4) is 0 Å². The van der Waals surface area contributed by atoms with Gasteiger partial charge in [0.25, 0.3) is 0 Å². The fraction of sp³-hybridized carbons (Fsp3) is 0.500. The molecule has 0 aliphatic heterocycles. The van der Waals surface area contributed by atoms with E-state index in [1.54, 1.807) is 0 Å². The first kappa shape index (κ1) is 7.83. The number of hydrogen-bond acceptors (Lipinski definition) is 1. The molecule has 1 unspecified atom stereocenters. The van der Waals surface area contributed by atoms with Crippen LogP contribution in [0.2, 0.25) is 0 Å². The molecule has 2 heteroatoms. The Morgan fingerprint density at radius 3 is 2.90 bits per heavy atom. The number of aliphatic hydroxyl groups is 1. The topological polar surface area (TPSA) is 20.2 Å². The fourth-order valence-electron chi connectivity index (χ4n) is 1.05. The molecule has 1 aliphatic rings. The lowest BCUT2D eigenvalue weighted by Gasteiger charge is -2.18. The zero-order chi connectivity index (χ0) is 7.56. The summed E-state index contributed by atoms with van der Waals surface area (Å²) in [7, 11) is 0. The summed E-state index contributed by atoms with van der Waals surface area (Å²) < 4.78 is 0. The molecule has 0 fully saturated rings. The second-order valence-corrected chi connectivity index (χ2v) is 3.05. The van der Waals surface area contributed by atoms with Crippen LogP contribution >= 0.6 is 11.6 Å². The van der Waals surface area contributed by atoms with Crippen molar-refractivity contribution in [2.75, 3.05) is 6.61 Å². The van der Waals surface area contributed by atoms with Crippen LogP contribution in [0.5, 0.6) is 0 Å². The minimum Gasteiger partial charge on any atom is -0.396 e. The van der Waals surface area contributed by atoms with Gasteiger partial charge in [0.05, 0.1) is 0 Å². The van der Waals surface area contributed by atoms with E-state index in [2.05, 4.69) is 0 Å². The molecule has 0 aromatic heterocycles. The Morgan fingerprint density at radius 2 is 2.40 bits per heavy atom. The van der Waals surface area contributed by atoms with E-state index in [0.29, 0.717) is 5.92 Å². The van der Waals surface area contributed by atoms with Crippen LogP contribution in [-0.2, 0) is 0 Å². The van der Waals surface area contributed by atoms with Crippen molar-refractivity contribution in [2.45, 2.75) is 6.92 Å². The summed E-state index contributed by atoms with van der Waals surface area (Å²) in [5.41, 5.74) is 0. The minimum atomic E-state index is 0.207. The third-order valence-corrected chi connectivity index (χ3v) is 2.06. The number of hydrogen-bond donors (Lipinski definition) is 1. The molecule has 0 aromatic carbocycles. The first-order valence-electron chi connectivity index (χ1n) is 3.40. The molecule has 1 N–H and O–H groups in total. The highest BCUT2D eigenvalue weighted by Gasteiger charge is 2.14. The lowest BCUT2D eigenvalue weighted by atomic mass is 9.91. The summed E-state index contributed by atoms with van der Waals surface area (Å²) in [5, 5.41) is 9.60. The van der Waals surface area contributed by atoms with Crippen molar-refractivity contribution in [1.29, 1.82) is 0 Å². The van der Waals surface area contributed by atoms with Crippen molar-refractivity contribution in [1.82, 2.24) is 0 Å². The molecule has 10 heavy (non-hydrogen) atoms. The van der Waals surface area contributed by atoms with Gasteiger partial charge in [-0.2, -0.15) is 0 Å². The third kappa shape index (κ3) is 1.61. The van der Waals surface area contributed by atoms with Crippen molar-refractivity contribution in [3.63, 3.8) is 0 Å². The molecule has 0 bridgehead atoms. The number of halogens is 1. The Balaban J connectivity index is 2.64. The average Bonchev–Trinajstić information content (AvgIpc) is 1.88. The van der Waals surface area contributed by atoms with Gasteiger partial charge in [-0.15, -0.1) is 0 Å². The summed E-state index contributed by atoms with van der Waals surface area (Å²) in [6, 6.07) is 0. The van der Waals surface area contributed by atoms with Gasteiger partial charge in [-0.1, -0.05) is 30.7 Å². The van der Waals surface area contributed by atoms with Gasteiger partial charge in [0, 0.05) is 17.6 Å². The van der Waals surface area contributed by atoms with E-state index < -0.39 is 0 Å². The molecule has 2 atom stereocenters.